The van der Waals surface area contributed by atoms with E-state index in [1.165, 1.54) is 0 Å². The fourth-order valence-corrected chi connectivity index (χ4v) is 2.15. The molecule has 6 heteroatoms. The summed E-state index contributed by atoms with van der Waals surface area (Å²) in [6.07, 6.45) is 1.54. The number of piperazine rings is 1. The summed E-state index contributed by atoms with van der Waals surface area (Å²) >= 11 is 0. The number of rotatable bonds is 8. The smallest absolute Gasteiger partial charge is 0.245 e. The van der Waals surface area contributed by atoms with Gasteiger partial charge in [0, 0.05) is 13.7 Å². The number of methoxy groups -OCH3 is 1. The summed E-state index contributed by atoms with van der Waals surface area (Å²) in [7, 11) is 1.61. The summed E-state index contributed by atoms with van der Waals surface area (Å²) in [5.74, 6) is -0.0979. The van der Waals surface area contributed by atoms with Gasteiger partial charge in [-0.25, -0.2) is 0 Å². The Bertz CT molecular complexity index is 309. The van der Waals surface area contributed by atoms with Crippen LogP contribution in [0.3, 0.4) is 0 Å². The molecule has 1 N–H and O–H groups in total. The molecule has 0 radical (unpaired) electrons. The molecule has 0 aromatic rings. The van der Waals surface area contributed by atoms with Crippen LogP contribution in [0.4, 0.5) is 0 Å². The van der Waals surface area contributed by atoms with Crippen LogP contribution in [-0.4, -0.2) is 62.3 Å². The zero-order valence-corrected chi connectivity index (χ0v) is 12.0. The van der Waals surface area contributed by atoms with E-state index in [1.54, 1.807) is 18.9 Å². The fraction of sp³-hybridized carbons (Fsp3) is 0.846. The zero-order chi connectivity index (χ0) is 14.3. The van der Waals surface area contributed by atoms with E-state index in [9.17, 15) is 9.59 Å². The second-order valence-electron chi connectivity index (χ2n) is 4.67. The normalized spacial score (nSPS) is 23.6. The van der Waals surface area contributed by atoms with Gasteiger partial charge in [0.1, 0.15) is 12.1 Å². The topological polar surface area (TPSA) is 67.9 Å². The Morgan fingerprint density at radius 3 is 2.63 bits per heavy atom. The number of hydrogen-bond donors (Lipinski definition) is 1. The van der Waals surface area contributed by atoms with E-state index < -0.39 is 6.04 Å². The van der Waals surface area contributed by atoms with Gasteiger partial charge in [-0.3, -0.25) is 9.59 Å². The molecule has 0 aromatic heterocycles. The summed E-state index contributed by atoms with van der Waals surface area (Å²) in [5.41, 5.74) is 0. The molecular weight excluding hydrogens is 248 g/mol. The lowest BCUT2D eigenvalue weighted by molar-refractivity contribution is -0.150. The highest BCUT2D eigenvalue weighted by molar-refractivity contribution is 5.96. The second kappa shape index (κ2) is 8.12. The molecule has 2 amide bonds. The molecule has 0 bridgehead atoms. The Hall–Kier alpha value is -1.14. The molecule has 0 aromatic carbocycles. The van der Waals surface area contributed by atoms with Crippen LogP contribution in [0.15, 0.2) is 0 Å². The van der Waals surface area contributed by atoms with Gasteiger partial charge >= 0.3 is 0 Å². The molecule has 1 rings (SSSR count). The van der Waals surface area contributed by atoms with E-state index >= 15 is 0 Å². The van der Waals surface area contributed by atoms with Crippen molar-refractivity contribution in [3.8, 4) is 0 Å². The number of ether oxygens (including phenoxy) is 2. The molecule has 1 aliphatic heterocycles. The summed E-state index contributed by atoms with van der Waals surface area (Å²) in [5, 5.41) is 2.71. The van der Waals surface area contributed by atoms with Gasteiger partial charge < -0.3 is 19.7 Å². The summed E-state index contributed by atoms with van der Waals surface area (Å²) in [4.78, 5) is 25.7. The van der Waals surface area contributed by atoms with Gasteiger partial charge in [-0.15, -0.1) is 0 Å². The van der Waals surface area contributed by atoms with E-state index in [0.717, 1.165) is 6.42 Å². The van der Waals surface area contributed by atoms with Crippen molar-refractivity contribution in [3.05, 3.63) is 0 Å². The highest BCUT2D eigenvalue weighted by Crippen LogP contribution is 2.14. The molecular formula is C13H24N2O4. The minimum atomic E-state index is -0.445. The number of carbonyl (C=O) groups is 2. The van der Waals surface area contributed by atoms with Gasteiger partial charge in [-0.1, -0.05) is 13.3 Å². The highest BCUT2D eigenvalue weighted by Gasteiger charge is 2.37. The van der Waals surface area contributed by atoms with Gasteiger partial charge in [0.05, 0.1) is 19.8 Å². The standard InChI is InChI=1S/C13H24N2O4/c1-4-5-11-12(16)14-10(2)13(17)15(11)6-7-19-9-8-18-3/h10-11H,4-9H2,1-3H3,(H,14,16). The SMILES string of the molecule is CCCC1C(=O)NC(C)C(=O)N1CCOCCOC. The lowest BCUT2D eigenvalue weighted by Gasteiger charge is -2.37. The number of amides is 2. The molecule has 1 fully saturated rings. The second-order valence-corrected chi connectivity index (χ2v) is 4.67. The molecule has 2 unspecified atom stereocenters. The molecule has 1 saturated heterocycles. The predicted molar refractivity (Wildman–Crippen MR) is 70.7 cm³/mol. The van der Waals surface area contributed by atoms with E-state index in [4.69, 9.17) is 9.47 Å². The van der Waals surface area contributed by atoms with Crippen molar-refractivity contribution in [2.45, 2.75) is 38.8 Å². The van der Waals surface area contributed by atoms with Crippen molar-refractivity contribution in [2.75, 3.05) is 33.5 Å². The van der Waals surface area contributed by atoms with E-state index in [2.05, 4.69) is 5.32 Å². The lowest BCUT2D eigenvalue weighted by Crippen LogP contribution is -2.62. The van der Waals surface area contributed by atoms with Crippen LogP contribution in [0.5, 0.6) is 0 Å². The Labute approximate surface area is 114 Å². The minimum absolute atomic E-state index is 0.0339. The fourth-order valence-electron chi connectivity index (χ4n) is 2.15. The van der Waals surface area contributed by atoms with Gasteiger partial charge in [-0.2, -0.15) is 0 Å². The molecule has 2 atom stereocenters. The third-order valence-corrected chi connectivity index (χ3v) is 3.16. The quantitative estimate of drug-likeness (QED) is 0.639. The van der Waals surface area contributed by atoms with Crippen molar-refractivity contribution in [1.82, 2.24) is 10.2 Å². The monoisotopic (exact) mass is 272 g/mol. The first-order valence-corrected chi connectivity index (χ1v) is 6.79. The first-order chi connectivity index (χ1) is 9.11. The maximum Gasteiger partial charge on any atom is 0.245 e. The van der Waals surface area contributed by atoms with Crippen molar-refractivity contribution >= 4 is 11.8 Å². The Morgan fingerprint density at radius 2 is 2.00 bits per heavy atom. The van der Waals surface area contributed by atoms with Crippen LogP contribution in [0, 0.1) is 0 Å². The Kier molecular flexibility index (Phi) is 6.80. The third kappa shape index (κ3) is 4.47. The van der Waals surface area contributed by atoms with Crippen LogP contribution in [0.25, 0.3) is 0 Å². The first kappa shape index (κ1) is 15.9. The van der Waals surface area contributed by atoms with E-state index in [-0.39, 0.29) is 17.9 Å². The number of nitrogens with one attached hydrogen (secondary N) is 1. The Balaban J connectivity index is 2.52. The number of nitrogens with zero attached hydrogens (tertiary/aromatic N) is 1. The molecule has 0 saturated carbocycles. The maximum absolute atomic E-state index is 12.1. The molecule has 1 heterocycles. The first-order valence-electron chi connectivity index (χ1n) is 6.79. The number of hydrogen-bond acceptors (Lipinski definition) is 4. The van der Waals surface area contributed by atoms with Crippen LogP contribution in [-0.2, 0) is 19.1 Å². The zero-order valence-electron chi connectivity index (χ0n) is 12.0. The molecule has 0 aliphatic carbocycles. The van der Waals surface area contributed by atoms with E-state index in [1.807, 2.05) is 6.92 Å². The van der Waals surface area contributed by atoms with E-state index in [0.29, 0.717) is 32.8 Å². The molecule has 19 heavy (non-hydrogen) atoms. The van der Waals surface area contributed by atoms with Crippen LogP contribution in [0.1, 0.15) is 26.7 Å². The van der Waals surface area contributed by atoms with Gasteiger partial charge in [0.15, 0.2) is 0 Å². The Morgan fingerprint density at radius 1 is 1.26 bits per heavy atom. The highest BCUT2D eigenvalue weighted by atomic mass is 16.5. The van der Waals surface area contributed by atoms with Crippen LogP contribution >= 0.6 is 0 Å². The van der Waals surface area contributed by atoms with Gasteiger partial charge in [0.2, 0.25) is 11.8 Å². The average Bonchev–Trinajstić information content (AvgIpc) is 2.38. The minimum Gasteiger partial charge on any atom is -0.382 e. The van der Waals surface area contributed by atoms with Gasteiger partial charge in [-0.05, 0) is 13.3 Å². The summed E-state index contributed by atoms with van der Waals surface area (Å²) in [6, 6.07) is -0.806. The summed E-state index contributed by atoms with van der Waals surface area (Å²) in [6.45, 7) is 5.62. The van der Waals surface area contributed by atoms with Crippen molar-refractivity contribution in [2.24, 2.45) is 0 Å². The van der Waals surface area contributed by atoms with Gasteiger partial charge in [0.25, 0.3) is 0 Å². The molecule has 0 spiro atoms. The maximum atomic E-state index is 12.1. The molecule has 6 nitrogen and oxygen atoms in total. The molecule has 1 aliphatic rings. The predicted octanol–water partition coefficient (Wildman–Crippen LogP) is 0.165. The largest absolute Gasteiger partial charge is 0.382 e. The number of carbonyl (C=O) groups excluding carboxylic acids is 2. The average molecular weight is 272 g/mol. The lowest BCUT2D eigenvalue weighted by atomic mass is 10.0. The molecule has 110 valence electrons. The van der Waals surface area contributed by atoms with Crippen molar-refractivity contribution < 1.29 is 19.1 Å². The van der Waals surface area contributed by atoms with Crippen LogP contribution < -0.4 is 5.32 Å². The third-order valence-electron chi connectivity index (χ3n) is 3.16. The van der Waals surface area contributed by atoms with Crippen molar-refractivity contribution in [3.63, 3.8) is 0 Å². The van der Waals surface area contributed by atoms with Crippen molar-refractivity contribution in [1.29, 1.82) is 0 Å². The summed E-state index contributed by atoms with van der Waals surface area (Å²) < 4.78 is 10.3. The van der Waals surface area contributed by atoms with Crippen LogP contribution in [0.2, 0.25) is 0 Å².